The van der Waals surface area contributed by atoms with Crippen molar-refractivity contribution < 1.29 is 23.8 Å². The van der Waals surface area contributed by atoms with Gasteiger partial charge >= 0.3 is 11.9 Å². The van der Waals surface area contributed by atoms with Crippen molar-refractivity contribution in [3.63, 3.8) is 0 Å². The van der Waals surface area contributed by atoms with Crippen molar-refractivity contribution >= 4 is 27.9 Å². The van der Waals surface area contributed by atoms with E-state index in [-0.39, 0.29) is 5.75 Å². The third-order valence-electron chi connectivity index (χ3n) is 4.05. The third kappa shape index (κ3) is 4.72. The van der Waals surface area contributed by atoms with Gasteiger partial charge in [0.05, 0.1) is 13.7 Å². The fraction of sp³-hybridized carbons (Fsp3) is 0.556. The Morgan fingerprint density at radius 2 is 1.75 bits per heavy atom. The van der Waals surface area contributed by atoms with Crippen LogP contribution in [0.1, 0.15) is 46.5 Å². The van der Waals surface area contributed by atoms with E-state index < -0.39 is 17.4 Å². The van der Waals surface area contributed by atoms with Crippen LogP contribution in [-0.2, 0) is 14.3 Å². The number of esters is 2. The quantitative estimate of drug-likeness (QED) is 0.264. The Bertz CT molecular complexity index is 567. The van der Waals surface area contributed by atoms with Crippen LogP contribution < -0.4 is 9.47 Å². The molecule has 0 saturated carbocycles. The molecule has 0 aliphatic rings. The van der Waals surface area contributed by atoms with Gasteiger partial charge in [-0.3, -0.25) is 9.59 Å². The Kier molecular flexibility index (Phi) is 8.25. The van der Waals surface area contributed by atoms with Gasteiger partial charge in [-0.1, -0.05) is 43.1 Å². The van der Waals surface area contributed by atoms with Gasteiger partial charge in [0.2, 0.25) is 0 Å². The Morgan fingerprint density at radius 1 is 1.08 bits per heavy atom. The molecule has 1 aromatic carbocycles. The highest BCUT2D eigenvalue weighted by Gasteiger charge is 2.46. The number of unbranched alkanes of at least 4 members (excludes halogenated alkanes) is 1. The van der Waals surface area contributed by atoms with Crippen LogP contribution in [0.15, 0.2) is 22.7 Å². The molecule has 0 atom stereocenters. The lowest BCUT2D eigenvalue weighted by molar-refractivity contribution is -0.168. The van der Waals surface area contributed by atoms with E-state index in [2.05, 4.69) is 15.9 Å². The Labute approximate surface area is 151 Å². The number of carbonyl (C=O) groups excluding carboxylic acids is 2. The lowest BCUT2D eigenvalue weighted by Crippen LogP contribution is -2.42. The average molecular weight is 401 g/mol. The second kappa shape index (κ2) is 9.67. The highest BCUT2D eigenvalue weighted by molar-refractivity contribution is 9.10. The topological polar surface area (TPSA) is 61.8 Å². The maximum Gasteiger partial charge on any atom is 0.328 e. The molecule has 24 heavy (non-hydrogen) atoms. The van der Waals surface area contributed by atoms with Gasteiger partial charge < -0.3 is 14.2 Å². The number of methoxy groups -OCH3 is 1. The van der Waals surface area contributed by atoms with E-state index in [1.54, 1.807) is 32.0 Å². The molecule has 1 aromatic rings. The minimum atomic E-state index is -1.30. The lowest BCUT2D eigenvalue weighted by Gasteiger charge is -2.27. The Hall–Kier alpha value is -1.56. The zero-order valence-electron chi connectivity index (χ0n) is 14.7. The van der Waals surface area contributed by atoms with Crippen molar-refractivity contribution in [1.82, 2.24) is 0 Å². The zero-order chi connectivity index (χ0) is 18.2. The summed E-state index contributed by atoms with van der Waals surface area (Å²) in [5, 5.41) is 0. The zero-order valence-corrected chi connectivity index (χ0v) is 16.3. The fourth-order valence-electron chi connectivity index (χ4n) is 2.28. The van der Waals surface area contributed by atoms with Crippen LogP contribution in [-0.4, -0.2) is 25.7 Å². The van der Waals surface area contributed by atoms with E-state index in [0.717, 1.165) is 17.3 Å². The first-order valence-corrected chi connectivity index (χ1v) is 8.97. The van der Waals surface area contributed by atoms with Crippen LogP contribution in [0.25, 0.3) is 0 Å². The molecule has 0 unspecified atom stereocenters. The van der Waals surface area contributed by atoms with Crippen molar-refractivity contribution in [3.8, 4) is 11.5 Å². The number of hydrogen-bond donors (Lipinski definition) is 0. The molecular weight excluding hydrogens is 376 g/mol. The van der Waals surface area contributed by atoms with Crippen molar-refractivity contribution in [3.05, 3.63) is 22.7 Å². The molecule has 0 aliphatic carbocycles. The maximum absolute atomic E-state index is 12.7. The van der Waals surface area contributed by atoms with Crippen LogP contribution in [0.4, 0.5) is 0 Å². The summed E-state index contributed by atoms with van der Waals surface area (Å²) in [5.74, 6) is -0.451. The highest BCUT2D eigenvalue weighted by atomic mass is 79.9. The minimum absolute atomic E-state index is 0.276. The SMILES string of the molecule is CCCCOC(=O)C(CC)(CC)C(=O)Oc1ccc(Br)cc1OC. The van der Waals surface area contributed by atoms with E-state index in [1.807, 2.05) is 6.92 Å². The van der Waals surface area contributed by atoms with E-state index in [1.165, 1.54) is 7.11 Å². The molecule has 0 N–H and O–H groups in total. The molecule has 0 spiro atoms. The van der Waals surface area contributed by atoms with E-state index in [9.17, 15) is 9.59 Å². The largest absolute Gasteiger partial charge is 0.493 e. The van der Waals surface area contributed by atoms with Crippen LogP contribution >= 0.6 is 15.9 Å². The Morgan fingerprint density at radius 3 is 2.29 bits per heavy atom. The summed E-state index contributed by atoms with van der Waals surface area (Å²) in [7, 11) is 1.49. The molecule has 0 aliphatic heterocycles. The number of benzene rings is 1. The van der Waals surface area contributed by atoms with Crippen LogP contribution in [0.2, 0.25) is 0 Å². The molecule has 134 valence electrons. The number of halogens is 1. The molecule has 6 heteroatoms. The summed E-state index contributed by atoms with van der Waals surface area (Å²) in [6, 6.07) is 5.06. The highest BCUT2D eigenvalue weighted by Crippen LogP contribution is 2.35. The minimum Gasteiger partial charge on any atom is -0.493 e. The van der Waals surface area contributed by atoms with Crippen LogP contribution in [0, 0.1) is 5.41 Å². The maximum atomic E-state index is 12.7. The predicted molar refractivity (Wildman–Crippen MR) is 95.2 cm³/mol. The summed E-state index contributed by atoms with van der Waals surface area (Å²) in [6.45, 7) is 5.89. The molecule has 0 radical (unpaired) electrons. The number of carbonyl (C=O) groups is 2. The summed E-state index contributed by atoms with van der Waals surface area (Å²) in [5.41, 5.74) is -1.30. The summed E-state index contributed by atoms with van der Waals surface area (Å²) >= 11 is 3.33. The molecule has 0 aromatic heterocycles. The van der Waals surface area contributed by atoms with Crippen LogP contribution in [0.5, 0.6) is 11.5 Å². The molecule has 0 heterocycles. The van der Waals surface area contributed by atoms with Gasteiger partial charge in [-0.15, -0.1) is 0 Å². The monoisotopic (exact) mass is 400 g/mol. The van der Waals surface area contributed by atoms with Gasteiger partial charge in [-0.05, 0) is 37.5 Å². The van der Waals surface area contributed by atoms with Crippen molar-refractivity contribution in [1.29, 1.82) is 0 Å². The first-order chi connectivity index (χ1) is 11.4. The molecule has 0 saturated heterocycles. The van der Waals surface area contributed by atoms with Gasteiger partial charge in [-0.2, -0.15) is 0 Å². The second-order valence-corrected chi connectivity index (χ2v) is 6.38. The summed E-state index contributed by atoms with van der Waals surface area (Å²) in [4.78, 5) is 25.2. The standard InChI is InChI=1S/C18H25BrO5/c1-5-8-11-23-16(20)18(6-2,7-3)17(21)24-14-10-9-13(19)12-15(14)22-4/h9-10,12H,5-8,11H2,1-4H3. The molecule has 5 nitrogen and oxygen atoms in total. The molecule has 0 amide bonds. The predicted octanol–water partition coefficient (Wildman–Crippen LogP) is 4.51. The van der Waals surface area contributed by atoms with Gasteiger partial charge in [-0.25, -0.2) is 0 Å². The van der Waals surface area contributed by atoms with Gasteiger partial charge in [0, 0.05) is 4.47 Å². The number of rotatable bonds is 9. The number of ether oxygens (including phenoxy) is 3. The smallest absolute Gasteiger partial charge is 0.328 e. The van der Waals surface area contributed by atoms with Gasteiger partial charge in [0.25, 0.3) is 0 Å². The number of hydrogen-bond acceptors (Lipinski definition) is 5. The Balaban J connectivity index is 3.00. The second-order valence-electron chi connectivity index (χ2n) is 5.46. The normalized spacial score (nSPS) is 11.0. The third-order valence-corrected chi connectivity index (χ3v) is 4.54. The molecule has 1 rings (SSSR count). The van der Waals surface area contributed by atoms with E-state index in [0.29, 0.717) is 25.2 Å². The lowest BCUT2D eigenvalue weighted by atomic mass is 9.82. The molecular formula is C18H25BrO5. The first kappa shape index (κ1) is 20.5. The molecule has 0 fully saturated rings. The van der Waals surface area contributed by atoms with Crippen LogP contribution in [0.3, 0.4) is 0 Å². The summed E-state index contributed by atoms with van der Waals surface area (Å²) in [6.07, 6.45) is 2.31. The molecule has 0 bridgehead atoms. The first-order valence-electron chi connectivity index (χ1n) is 8.18. The van der Waals surface area contributed by atoms with Crippen molar-refractivity contribution in [2.45, 2.75) is 46.5 Å². The van der Waals surface area contributed by atoms with Gasteiger partial charge in [0.1, 0.15) is 0 Å². The fourth-order valence-corrected chi connectivity index (χ4v) is 2.62. The van der Waals surface area contributed by atoms with Gasteiger partial charge in [0.15, 0.2) is 16.9 Å². The van der Waals surface area contributed by atoms with E-state index in [4.69, 9.17) is 14.2 Å². The summed E-state index contributed by atoms with van der Waals surface area (Å²) < 4.78 is 16.8. The average Bonchev–Trinajstić information content (AvgIpc) is 2.58. The van der Waals surface area contributed by atoms with Crippen molar-refractivity contribution in [2.75, 3.05) is 13.7 Å². The van der Waals surface area contributed by atoms with Crippen molar-refractivity contribution in [2.24, 2.45) is 5.41 Å². The van der Waals surface area contributed by atoms with E-state index >= 15 is 0 Å².